The van der Waals surface area contributed by atoms with E-state index in [0.717, 1.165) is 5.56 Å². The minimum absolute atomic E-state index is 0.00252. The van der Waals surface area contributed by atoms with Gasteiger partial charge in [0.2, 0.25) is 0 Å². The van der Waals surface area contributed by atoms with Crippen LogP contribution in [0.3, 0.4) is 0 Å². The lowest BCUT2D eigenvalue weighted by Crippen LogP contribution is -2.13. The fourth-order valence-corrected chi connectivity index (χ4v) is 1.53. The number of pyridine rings is 1. The first-order chi connectivity index (χ1) is 9.56. The first-order valence-electron chi connectivity index (χ1n) is 5.68. The smallest absolute Gasteiger partial charge is 0.269 e. The fraction of sp³-hybridized carbons (Fsp3) is 0.0769. The van der Waals surface area contributed by atoms with Gasteiger partial charge in [-0.2, -0.15) is 0 Å². The molecule has 0 aliphatic rings. The zero-order valence-corrected chi connectivity index (χ0v) is 10.4. The van der Waals surface area contributed by atoms with E-state index in [0.29, 0.717) is 5.75 Å². The molecule has 20 heavy (non-hydrogen) atoms. The van der Waals surface area contributed by atoms with Gasteiger partial charge in [0.05, 0.1) is 4.92 Å². The number of carbonyl (C=O) groups excluding carboxylic acids is 1. The van der Waals surface area contributed by atoms with Crippen LogP contribution in [0.5, 0.6) is 5.75 Å². The normalized spacial score (nSPS) is 10.0. The van der Waals surface area contributed by atoms with E-state index in [1.165, 1.54) is 36.5 Å². The van der Waals surface area contributed by atoms with Crippen LogP contribution in [0.2, 0.25) is 0 Å². The lowest BCUT2D eigenvalue weighted by atomic mass is 10.2. The van der Waals surface area contributed by atoms with Crippen molar-refractivity contribution in [3.8, 4) is 5.75 Å². The Balaban J connectivity index is 2.03. The number of rotatable bonds is 5. The summed E-state index contributed by atoms with van der Waals surface area (Å²) in [5.41, 5.74) is 6.02. The number of primary amides is 1. The standard InChI is InChI=1S/C13H11N3O4/c14-13(17)12-7-9(5-6-15-12)8-20-11-3-1-10(2-4-11)16(18)19/h1-7H,8H2,(H2,14,17). The van der Waals surface area contributed by atoms with Crippen molar-refractivity contribution < 1.29 is 14.5 Å². The number of nitrogens with zero attached hydrogens (tertiary/aromatic N) is 2. The van der Waals surface area contributed by atoms with Crippen LogP contribution in [-0.4, -0.2) is 15.8 Å². The van der Waals surface area contributed by atoms with Gasteiger partial charge in [0.15, 0.2) is 0 Å². The number of aromatic nitrogens is 1. The molecule has 1 heterocycles. The fourth-order valence-electron chi connectivity index (χ4n) is 1.53. The lowest BCUT2D eigenvalue weighted by Gasteiger charge is -2.06. The van der Waals surface area contributed by atoms with E-state index in [9.17, 15) is 14.9 Å². The Kier molecular flexibility index (Phi) is 3.90. The maximum Gasteiger partial charge on any atom is 0.269 e. The van der Waals surface area contributed by atoms with E-state index >= 15 is 0 Å². The Morgan fingerprint density at radius 2 is 2.00 bits per heavy atom. The molecule has 0 aliphatic heterocycles. The van der Waals surface area contributed by atoms with Crippen LogP contribution < -0.4 is 10.5 Å². The summed E-state index contributed by atoms with van der Waals surface area (Å²) >= 11 is 0. The molecule has 0 saturated carbocycles. The number of benzene rings is 1. The molecule has 0 unspecified atom stereocenters. The van der Waals surface area contributed by atoms with Crippen molar-refractivity contribution in [2.45, 2.75) is 6.61 Å². The van der Waals surface area contributed by atoms with Crippen molar-refractivity contribution in [1.29, 1.82) is 0 Å². The molecule has 7 nitrogen and oxygen atoms in total. The second-order valence-corrected chi connectivity index (χ2v) is 3.95. The maximum atomic E-state index is 11.0. The Morgan fingerprint density at radius 1 is 1.30 bits per heavy atom. The number of carbonyl (C=O) groups is 1. The van der Waals surface area contributed by atoms with Crippen LogP contribution in [-0.2, 0) is 6.61 Å². The summed E-state index contributed by atoms with van der Waals surface area (Å²) in [5.74, 6) is -0.116. The van der Waals surface area contributed by atoms with Gasteiger partial charge >= 0.3 is 0 Å². The third-order valence-electron chi connectivity index (χ3n) is 2.53. The van der Waals surface area contributed by atoms with Crippen LogP contribution >= 0.6 is 0 Å². The van der Waals surface area contributed by atoms with Crippen molar-refractivity contribution in [2.75, 3.05) is 0 Å². The molecule has 0 saturated heterocycles. The van der Waals surface area contributed by atoms with Crippen molar-refractivity contribution in [1.82, 2.24) is 4.98 Å². The van der Waals surface area contributed by atoms with Crippen LogP contribution in [0.1, 0.15) is 16.1 Å². The van der Waals surface area contributed by atoms with Crippen LogP contribution in [0, 0.1) is 10.1 Å². The Bertz CT molecular complexity index is 640. The molecule has 0 aliphatic carbocycles. The lowest BCUT2D eigenvalue weighted by molar-refractivity contribution is -0.384. The summed E-state index contributed by atoms with van der Waals surface area (Å²) in [7, 11) is 0. The molecule has 0 atom stereocenters. The number of nitro benzene ring substituents is 1. The van der Waals surface area contributed by atoms with E-state index in [1.807, 2.05) is 0 Å². The average Bonchev–Trinajstić information content (AvgIpc) is 2.46. The molecular weight excluding hydrogens is 262 g/mol. The van der Waals surface area contributed by atoms with Gasteiger partial charge < -0.3 is 10.5 Å². The highest BCUT2D eigenvalue weighted by Gasteiger charge is 2.06. The van der Waals surface area contributed by atoms with Gasteiger partial charge in [0.1, 0.15) is 18.1 Å². The molecule has 0 bridgehead atoms. The number of nitro groups is 1. The number of non-ortho nitro benzene ring substituents is 1. The molecule has 2 aromatic rings. The minimum Gasteiger partial charge on any atom is -0.489 e. The van der Waals surface area contributed by atoms with Crippen molar-refractivity contribution in [3.05, 3.63) is 64.0 Å². The van der Waals surface area contributed by atoms with Crippen molar-refractivity contribution in [2.24, 2.45) is 5.73 Å². The average molecular weight is 273 g/mol. The second kappa shape index (κ2) is 5.79. The first-order valence-corrected chi connectivity index (χ1v) is 5.68. The van der Waals surface area contributed by atoms with Gasteiger partial charge in [0.25, 0.3) is 11.6 Å². The minimum atomic E-state index is -0.609. The molecule has 1 amide bonds. The summed E-state index contributed by atoms with van der Waals surface area (Å²) in [5, 5.41) is 10.5. The summed E-state index contributed by atoms with van der Waals surface area (Å²) in [6, 6.07) is 8.96. The summed E-state index contributed by atoms with van der Waals surface area (Å²) in [6.45, 7) is 0.209. The van der Waals surface area contributed by atoms with E-state index in [2.05, 4.69) is 4.98 Å². The zero-order valence-electron chi connectivity index (χ0n) is 10.4. The number of hydrogen-bond acceptors (Lipinski definition) is 5. The van der Waals surface area contributed by atoms with E-state index < -0.39 is 10.8 Å². The zero-order chi connectivity index (χ0) is 14.5. The first kappa shape index (κ1) is 13.5. The topological polar surface area (TPSA) is 108 Å². The molecular formula is C13H11N3O4. The van der Waals surface area contributed by atoms with E-state index in [4.69, 9.17) is 10.5 Å². The van der Waals surface area contributed by atoms with E-state index in [-0.39, 0.29) is 18.0 Å². The monoisotopic (exact) mass is 273 g/mol. The predicted octanol–water partition coefficient (Wildman–Crippen LogP) is 1.67. The summed E-state index contributed by atoms with van der Waals surface area (Å²) in [4.78, 5) is 24.8. The van der Waals surface area contributed by atoms with Gasteiger partial charge in [-0.05, 0) is 29.8 Å². The van der Waals surface area contributed by atoms with Gasteiger partial charge in [-0.1, -0.05) is 0 Å². The molecule has 0 spiro atoms. The Morgan fingerprint density at radius 3 is 2.60 bits per heavy atom. The molecule has 2 N–H and O–H groups in total. The van der Waals surface area contributed by atoms with Crippen molar-refractivity contribution >= 4 is 11.6 Å². The quantitative estimate of drug-likeness (QED) is 0.658. The van der Waals surface area contributed by atoms with Gasteiger partial charge in [-0.25, -0.2) is 0 Å². The van der Waals surface area contributed by atoms with Gasteiger partial charge in [0, 0.05) is 18.3 Å². The van der Waals surface area contributed by atoms with Crippen molar-refractivity contribution in [3.63, 3.8) is 0 Å². The Hall–Kier alpha value is -2.96. The highest BCUT2D eigenvalue weighted by atomic mass is 16.6. The molecule has 102 valence electrons. The highest BCUT2D eigenvalue weighted by molar-refractivity contribution is 5.90. The molecule has 1 aromatic carbocycles. The number of amides is 1. The van der Waals surface area contributed by atoms with Gasteiger partial charge in [-0.3, -0.25) is 19.9 Å². The third kappa shape index (κ3) is 3.29. The largest absolute Gasteiger partial charge is 0.489 e. The molecule has 0 radical (unpaired) electrons. The summed E-state index contributed by atoms with van der Waals surface area (Å²) < 4.78 is 5.46. The van der Waals surface area contributed by atoms with Crippen LogP contribution in [0.25, 0.3) is 0 Å². The Labute approximate surface area is 114 Å². The van der Waals surface area contributed by atoms with Gasteiger partial charge in [-0.15, -0.1) is 0 Å². The molecule has 7 heteroatoms. The second-order valence-electron chi connectivity index (χ2n) is 3.95. The maximum absolute atomic E-state index is 11.0. The molecule has 2 rings (SSSR count). The number of nitrogens with two attached hydrogens (primary N) is 1. The van der Waals surface area contributed by atoms with Crippen LogP contribution in [0.4, 0.5) is 5.69 Å². The number of ether oxygens (including phenoxy) is 1. The third-order valence-corrected chi connectivity index (χ3v) is 2.53. The number of hydrogen-bond donors (Lipinski definition) is 1. The SMILES string of the molecule is NC(=O)c1cc(COc2ccc([N+](=O)[O-])cc2)ccn1. The predicted molar refractivity (Wildman–Crippen MR) is 70.2 cm³/mol. The highest BCUT2D eigenvalue weighted by Crippen LogP contribution is 2.18. The molecule has 1 aromatic heterocycles. The summed E-state index contributed by atoms with van der Waals surface area (Å²) in [6.07, 6.45) is 1.47. The van der Waals surface area contributed by atoms with E-state index in [1.54, 1.807) is 6.07 Å². The molecule has 0 fully saturated rings. The van der Waals surface area contributed by atoms with Crippen LogP contribution in [0.15, 0.2) is 42.6 Å².